The SMILES string of the molecule is CC/C=C\C/C=C\C/C=C\C/C=C\C/C=C\C/C=C\CCC(=O)OC(C(=O)OC1C[C@@]2(O)[C@@H](OC(=O)c3ccccc3)[C@@H]3[C@]4(OC(C)=O)CO[C@@H]4C[C@H](O)[C@@]3(C)C(=O)[C@H](OC(C)=O)C(=C1C)C2(C)C)[C@@H](NC(=O)c1ccccc1)c1ccccc1. The van der Waals surface area contributed by atoms with E-state index in [9.17, 15) is 34.2 Å². The summed E-state index contributed by atoms with van der Waals surface area (Å²) in [5.74, 6) is -7.73. The van der Waals surface area contributed by atoms with Gasteiger partial charge in [-0.2, -0.15) is 0 Å². The number of aliphatic hydroxyl groups is 2. The Morgan fingerprint density at radius 1 is 0.706 bits per heavy atom. The predicted octanol–water partition coefficient (Wildman–Crippen LogP) is 10.8. The summed E-state index contributed by atoms with van der Waals surface area (Å²) in [6.45, 7) is 10.1. The largest absolute Gasteiger partial charge is 0.455 e. The van der Waals surface area contributed by atoms with Crippen LogP contribution in [0.4, 0.5) is 0 Å². The lowest BCUT2D eigenvalue weighted by molar-refractivity contribution is -0.346. The molecule has 1 heterocycles. The van der Waals surface area contributed by atoms with Crippen molar-refractivity contribution in [3.63, 3.8) is 0 Å². The van der Waals surface area contributed by atoms with E-state index in [1.807, 2.05) is 18.2 Å². The van der Waals surface area contributed by atoms with E-state index in [2.05, 4.69) is 66.9 Å². The minimum absolute atomic E-state index is 0.0256. The number of hydrogen-bond acceptors (Lipinski definition) is 15. The molecule has 2 saturated carbocycles. The van der Waals surface area contributed by atoms with Gasteiger partial charge in [-0.1, -0.05) is 160 Å². The predicted molar refractivity (Wildman–Crippen MR) is 319 cm³/mol. The molecule has 1 saturated heterocycles. The highest BCUT2D eigenvalue weighted by Crippen LogP contribution is 2.64. The van der Waals surface area contributed by atoms with Gasteiger partial charge in [-0.25, -0.2) is 9.59 Å². The van der Waals surface area contributed by atoms with E-state index >= 15 is 9.59 Å². The van der Waals surface area contributed by atoms with Crippen molar-refractivity contribution >= 4 is 41.5 Å². The van der Waals surface area contributed by atoms with Gasteiger partial charge < -0.3 is 44.0 Å². The molecule has 0 aromatic heterocycles. The molecular formula is C69H81NO15. The fourth-order valence-corrected chi connectivity index (χ4v) is 12.3. The van der Waals surface area contributed by atoms with E-state index in [-0.39, 0.29) is 48.1 Å². The number of rotatable bonds is 25. The molecule has 3 fully saturated rings. The Hall–Kier alpha value is -7.79. The second-order valence-electron chi connectivity index (χ2n) is 22.8. The normalized spacial score (nSPS) is 27.0. The number of carbonyl (C=O) groups is 7. The molecule has 7 rings (SSSR count). The van der Waals surface area contributed by atoms with Gasteiger partial charge in [0, 0.05) is 44.1 Å². The van der Waals surface area contributed by atoms with Gasteiger partial charge in [-0.05, 0) is 99.8 Å². The van der Waals surface area contributed by atoms with Crippen molar-refractivity contribution in [3.05, 3.63) is 192 Å². The summed E-state index contributed by atoms with van der Waals surface area (Å²) in [5.41, 5.74) is -7.33. The fourth-order valence-electron chi connectivity index (χ4n) is 12.3. The Balaban J connectivity index is 1.21. The summed E-state index contributed by atoms with van der Waals surface area (Å²) < 4.78 is 37.2. The molecule has 85 heavy (non-hydrogen) atoms. The maximum absolute atomic E-state index is 15.8. The maximum atomic E-state index is 15.8. The topological polar surface area (TPSA) is 227 Å². The van der Waals surface area contributed by atoms with Gasteiger partial charge >= 0.3 is 29.8 Å². The van der Waals surface area contributed by atoms with E-state index < -0.39 is 119 Å². The summed E-state index contributed by atoms with van der Waals surface area (Å²) in [5, 5.41) is 29.2. The molecule has 3 aromatic rings. The first-order valence-electron chi connectivity index (χ1n) is 29.3. The van der Waals surface area contributed by atoms with Crippen LogP contribution in [0.1, 0.15) is 145 Å². The number of carbonyl (C=O) groups excluding carboxylic acids is 7. The van der Waals surface area contributed by atoms with Crippen molar-refractivity contribution in [1.82, 2.24) is 5.32 Å². The van der Waals surface area contributed by atoms with Crippen molar-refractivity contribution < 1.29 is 72.2 Å². The van der Waals surface area contributed by atoms with Gasteiger partial charge in [0.05, 0.1) is 29.6 Å². The molecule has 452 valence electrons. The molecule has 11 atom stereocenters. The number of nitrogens with one attached hydrogen (secondary N) is 1. The summed E-state index contributed by atoms with van der Waals surface area (Å²) in [4.78, 5) is 101. The van der Waals surface area contributed by atoms with Crippen LogP contribution in [0.2, 0.25) is 0 Å². The molecule has 3 aliphatic carbocycles. The lowest BCUT2D eigenvalue weighted by atomic mass is 9.44. The molecule has 3 N–H and O–H groups in total. The number of allylic oxidation sites excluding steroid dienone is 12. The second-order valence-corrected chi connectivity index (χ2v) is 22.8. The molecule has 1 aliphatic heterocycles. The van der Waals surface area contributed by atoms with Gasteiger partial charge in [0.2, 0.25) is 6.10 Å². The van der Waals surface area contributed by atoms with Crippen LogP contribution in [0.25, 0.3) is 0 Å². The number of Topliss-reactive ketones (excluding diaryl/α,β-unsaturated/α-hetero) is 1. The van der Waals surface area contributed by atoms with Gasteiger partial charge in [-0.3, -0.25) is 24.0 Å². The number of fused-ring (bicyclic) bond motifs is 5. The van der Waals surface area contributed by atoms with Crippen molar-refractivity contribution in [2.75, 3.05) is 6.61 Å². The lowest BCUT2D eigenvalue weighted by Gasteiger charge is -2.67. The molecular weight excluding hydrogens is 1080 g/mol. The van der Waals surface area contributed by atoms with Crippen molar-refractivity contribution in [3.8, 4) is 0 Å². The standard InChI is InChI=1S/C69H81NO15/c1-8-9-10-11-12-13-14-15-16-17-18-19-20-21-22-23-24-25-35-42-55(74)83-59(57(49-36-29-26-30-37-49)70-63(76)50-38-31-27-32-39-50)65(78)82-52-44-69(79)62(84-64(77)51-40-33-28-34-41-51)60-67(7,53(73)43-54-68(60,45-80-54)85-48(4)72)61(75)58(81-47(3)71)56(46(52)2)66(69,5)6/h9-10,12-13,15-16,18-19,21-22,24-34,36-41,52-54,57-60,62,73,79H,8,11,14,17,20,23,35,42-45H2,1-7H3,(H,70,76)/b10-9-,13-12-,16-15-,19-18-,22-21-,25-24-/t52?,53-,54+,57-,58+,59?,60-,62-,67+,68-,69+/m0/s1. The first-order chi connectivity index (χ1) is 40.7. The fraction of sp³-hybridized carbons (Fsp3) is 0.435. The molecule has 1 amide bonds. The quantitative estimate of drug-likeness (QED) is 0.0407. The van der Waals surface area contributed by atoms with Gasteiger partial charge in [0.1, 0.15) is 30.0 Å². The van der Waals surface area contributed by atoms with Crippen LogP contribution in [-0.2, 0) is 52.4 Å². The highest BCUT2D eigenvalue weighted by Gasteiger charge is 2.78. The number of amides is 1. The molecule has 3 aromatic carbocycles. The Labute approximate surface area is 498 Å². The summed E-state index contributed by atoms with van der Waals surface area (Å²) >= 11 is 0. The second kappa shape index (κ2) is 29.3. The maximum Gasteiger partial charge on any atom is 0.350 e. The number of aliphatic hydroxyl groups excluding tert-OH is 1. The zero-order chi connectivity index (χ0) is 61.4. The van der Waals surface area contributed by atoms with E-state index in [1.54, 1.807) is 92.7 Å². The van der Waals surface area contributed by atoms with Gasteiger partial charge in [-0.15, -0.1) is 0 Å². The number of benzene rings is 3. The molecule has 16 nitrogen and oxygen atoms in total. The van der Waals surface area contributed by atoms with Crippen LogP contribution >= 0.6 is 0 Å². The molecule has 0 radical (unpaired) electrons. The first-order valence-corrected chi connectivity index (χ1v) is 29.3. The van der Waals surface area contributed by atoms with Crippen LogP contribution in [0.3, 0.4) is 0 Å². The average molecular weight is 1160 g/mol. The van der Waals surface area contributed by atoms with Gasteiger partial charge in [0.25, 0.3) is 5.91 Å². The Morgan fingerprint density at radius 2 is 1.24 bits per heavy atom. The Kier molecular flexibility index (Phi) is 22.4. The van der Waals surface area contributed by atoms with Crippen LogP contribution in [0.15, 0.2) is 175 Å². The van der Waals surface area contributed by atoms with Crippen molar-refractivity contribution in [2.24, 2.45) is 16.7 Å². The summed E-state index contributed by atoms with van der Waals surface area (Å²) in [6, 6.07) is 23.1. The lowest BCUT2D eigenvalue weighted by Crippen LogP contribution is -2.82. The van der Waals surface area contributed by atoms with E-state index in [0.717, 1.165) is 46.0 Å². The van der Waals surface area contributed by atoms with Crippen molar-refractivity contribution in [1.29, 1.82) is 0 Å². The highest BCUT2D eigenvalue weighted by atomic mass is 16.6. The van der Waals surface area contributed by atoms with Gasteiger partial charge in [0.15, 0.2) is 17.5 Å². The Bertz CT molecular complexity index is 3070. The first kappa shape index (κ1) is 64.8. The number of ether oxygens (including phenoxy) is 6. The van der Waals surface area contributed by atoms with E-state index in [0.29, 0.717) is 12.0 Å². The third-order valence-electron chi connectivity index (χ3n) is 16.8. The zero-order valence-electron chi connectivity index (χ0n) is 49.7. The molecule has 2 bridgehead atoms. The molecule has 4 aliphatic rings. The third kappa shape index (κ3) is 14.8. The number of ketones is 1. The van der Waals surface area contributed by atoms with Crippen molar-refractivity contribution in [2.45, 2.75) is 167 Å². The van der Waals surface area contributed by atoms with E-state index in [1.165, 1.54) is 26.0 Å². The van der Waals surface area contributed by atoms with Crippen LogP contribution in [0.5, 0.6) is 0 Å². The summed E-state index contributed by atoms with van der Waals surface area (Å²) in [7, 11) is 0. The highest BCUT2D eigenvalue weighted by molar-refractivity contribution is 5.96. The van der Waals surface area contributed by atoms with E-state index in [4.69, 9.17) is 28.4 Å². The van der Waals surface area contributed by atoms with Crippen LogP contribution < -0.4 is 5.32 Å². The number of hydrogen-bond donors (Lipinski definition) is 3. The Morgan fingerprint density at radius 3 is 1.75 bits per heavy atom. The average Bonchev–Trinajstić information content (AvgIpc) is 0.690. The number of esters is 5. The molecule has 2 unspecified atom stereocenters. The van der Waals surface area contributed by atoms with Crippen LogP contribution in [-0.4, -0.2) is 106 Å². The van der Waals surface area contributed by atoms with Crippen LogP contribution in [0, 0.1) is 16.7 Å². The minimum atomic E-state index is -2.46. The monoisotopic (exact) mass is 1160 g/mol. The molecule has 0 spiro atoms. The summed E-state index contributed by atoms with van der Waals surface area (Å²) in [6.07, 6.45) is 19.4. The smallest absolute Gasteiger partial charge is 0.350 e. The third-order valence-corrected chi connectivity index (χ3v) is 16.8. The zero-order valence-corrected chi connectivity index (χ0v) is 49.7. The minimum Gasteiger partial charge on any atom is -0.455 e. The molecule has 16 heteroatoms.